The summed E-state index contributed by atoms with van der Waals surface area (Å²) in [5.74, 6) is 0.0960. The highest BCUT2D eigenvalue weighted by Gasteiger charge is 2.63. The van der Waals surface area contributed by atoms with Crippen LogP contribution in [0.4, 0.5) is 4.79 Å². The van der Waals surface area contributed by atoms with Gasteiger partial charge in [0, 0.05) is 5.75 Å². The summed E-state index contributed by atoms with van der Waals surface area (Å²) in [5, 5.41) is 8.75. The maximum Gasteiger partial charge on any atom is 0.328 e. The molecule has 0 saturated carbocycles. The largest absolute Gasteiger partial charge is 0.356 e. The van der Waals surface area contributed by atoms with Gasteiger partial charge in [-0.15, -0.1) is 0 Å². The van der Waals surface area contributed by atoms with Crippen LogP contribution in [0.1, 0.15) is 54.6 Å². The van der Waals surface area contributed by atoms with Gasteiger partial charge < -0.3 is 5.32 Å². The van der Waals surface area contributed by atoms with E-state index < -0.39 is 35.3 Å². The van der Waals surface area contributed by atoms with Gasteiger partial charge in [-0.1, -0.05) is 85.3 Å². The molecule has 1 saturated heterocycles. The number of amidine groups is 1. The van der Waals surface area contributed by atoms with Gasteiger partial charge in [-0.25, -0.2) is 4.79 Å². The first-order valence-corrected chi connectivity index (χ1v) is 12.5. The van der Waals surface area contributed by atoms with Gasteiger partial charge >= 0.3 is 6.03 Å². The van der Waals surface area contributed by atoms with E-state index in [4.69, 9.17) is 4.99 Å². The lowest BCUT2D eigenvalue weighted by Crippen LogP contribution is -2.69. The van der Waals surface area contributed by atoms with Crippen LogP contribution in [0.25, 0.3) is 0 Å². The molecule has 2 unspecified atom stereocenters. The highest BCUT2D eigenvalue weighted by Crippen LogP contribution is 2.51. The first kappa shape index (κ1) is 24.0. The Morgan fingerprint density at radius 3 is 1.94 bits per heavy atom. The first-order chi connectivity index (χ1) is 16.2. The quantitative estimate of drug-likeness (QED) is 0.560. The lowest BCUT2D eigenvalue weighted by molar-refractivity contribution is -0.149. The lowest BCUT2D eigenvalue weighted by atomic mass is 9.66. The minimum atomic E-state index is -1.68. The maximum atomic E-state index is 13.6. The number of amides is 4. The minimum absolute atomic E-state index is 0.546. The fourth-order valence-electron chi connectivity index (χ4n) is 4.37. The van der Waals surface area contributed by atoms with Crippen LogP contribution in [0.3, 0.4) is 0 Å². The average Bonchev–Trinajstić information content (AvgIpc) is 2.78. The number of aliphatic imine (C=N–C) groups is 1. The number of rotatable bonds is 5. The van der Waals surface area contributed by atoms with Gasteiger partial charge in [0.05, 0.1) is 6.04 Å². The van der Waals surface area contributed by atoms with Gasteiger partial charge in [-0.2, -0.15) is 0 Å². The number of urea groups is 1. The summed E-state index contributed by atoms with van der Waals surface area (Å²) < 4.78 is 0. The number of imide groups is 2. The van der Waals surface area contributed by atoms with E-state index in [0.717, 1.165) is 34.4 Å². The summed E-state index contributed by atoms with van der Waals surface area (Å²) in [7, 11) is 0. The molecule has 2 aliphatic rings. The van der Waals surface area contributed by atoms with Crippen molar-refractivity contribution in [1.29, 1.82) is 0 Å². The molecule has 4 amide bonds. The van der Waals surface area contributed by atoms with Crippen LogP contribution >= 0.6 is 11.8 Å². The third-order valence-corrected chi connectivity index (χ3v) is 7.28. The maximum absolute atomic E-state index is 13.6. The van der Waals surface area contributed by atoms with Gasteiger partial charge in [0.1, 0.15) is 6.04 Å². The Bertz CT molecular complexity index is 1110. The molecule has 2 heterocycles. The number of barbiturate groups is 1. The van der Waals surface area contributed by atoms with Gasteiger partial charge in [-0.3, -0.25) is 25.2 Å². The number of nitrogens with zero attached hydrogens (tertiary/aromatic N) is 1. The first-order valence-electron chi connectivity index (χ1n) is 11.5. The number of aryl methyl sites for hydroxylation is 2. The summed E-state index contributed by atoms with van der Waals surface area (Å²) >= 11 is 1.59. The molecule has 178 valence electrons. The summed E-state index contributed by atoms with van der Waals surface area (Å²) in [6, 6.07) is 13.1. The zero-order valence-electron chi connectivity index (χ0n) is 19.8. The number of hydrogen-bond donors (Lipinski definition) is 3. The summed E-state index contributed by atoms with van der Waals surface area (Å²) in [6.45, 7) is 8.30. The van der Waals surface area contributed by atoms with Crippen molar-refractivity contribution in [3.05, 3.63) is 70.8 Å². The Morgan fingerprint density at radius 1 is 0.882 bits per heavy atom. The molecule has 0 radical (unpaired) electrons. The molecule has 0 aliphatic carbocycles. The van der Waals surface area contributed by atoms with Crippen LogP contribution in [0.2, 0.25) is 0 Å². The van der Waals surface area contributed by atoms with E-state index in [0.29, 0.717) is 11.1 Å². The molecular weight excluding hydrogens is 448 g/mol. The summed E-state index contributed by atoms with van der Waals surface area (Å²) in [6.07, 6.45) is 1.01. The van der Waals surface area contributed by atoms with Crippen molar-refractivity contribution < 1.29 is 14.4 Å². The van der Waals surface area contributed by atoms with Crippen LogP contribution in [0.15, 0.2) is 53.5 Å². The van der Waals surface area contributed by atoms with Crippen LogP contribution in [-0.2, 0) is 9.59 Å². The van der Waals surface area contributed by atoms with Crippen molar-refractivity contribution in [2.45, 2.75) is 46.2 Å². The fraction of sp³-hybridized carbons (Fsp3) is 0.385. The molecule has 0 aromatic heterocycles. The molecule has 2 aromatic carbocycles. The van der Waals surface area contributed by atoms with E-state index in [1.54, 1.807) is 11.8 Å². The molecule has 2 aromatic rings. The molecule has 1 fully saturated rings. The van der Waals surface area contributed by atoms with Crippen molar-refractivity contribution in [3.8, 4) is 0 Å². The van der Waals surface area contributed by atoms with Crippen LogP contribution in [-0.4, -0.2) is 28.8 Å². The molecule has 1 spiro atoms. The van der Waals surface area contributed by atoms with Crippen molar-refractivity contribution in [3.63, 3.8) is 0 Å². The normalized spacial score (nSPS) is 21.7. The second kappa shape index (κ2) is 9.62. The van der Waals surface area contributed by atoms with Crippen molar-refractivity contribution in [2.24, 2.45) is 16.3 Å². The third kappa shape index (κ3) is 4.46. The number of hydrogen-bond acceptors (Lipinski definition) is 6. The number of carbonyl (C=O) groups excluding carboxylic acids is 3. The van der Waals surface area contributed by atoms with Gasteiger partial charge in [-0.05, 0) is 37.3 Å². The van der Waals surface area contributed by atoms with Crippen molar-refractivity contribution in [2.75, 3.05) is 5.75 Å². The number of benzene rings is 2. The standard InChI is InChI=1S/C26H30N4O3S/c1-15(2)13-14-34-25-27-20(18-9-5-16(3)6-10-18)26(22(31)29-24(33)30-23(26)32)21(28-25)19-11-7-17(4)8-12-19/h5-12,15,20-21H,13-14H2,1-4H3,(H,27,28)(H2,29,30,31,32,33). The van der Waals surface area contributed by atoms with E-state index in [9.17, 15) is 14.4 Å². The third-order valence-electron chi connectivity index (χ3n) is 6.34. The molecule has 2 aliphatic heterocycles. The average molecular weight is 479 g/mol. The van der Waals surface area contributed by atoms with E-state index in [2.05, 4.69) is 29.8 Å². The fourth-order valence-corrected chi connectivity index (χ4v) is 5.53. The van der Waals surface area contributed by atoms with Gasteiger partial charge in [0.2, 0.25) is 11.8 Å². The molecule has 0 bridgehead atoms. The highest BCUT2D eigenvalue weighted by molar-refractivity contribution is 8.13. The lowest BCUT2D eigenvalue weighted by Gasteiger charge is -2.47. The van der Waals surface area contributed by atoms with E-state index >= 15 is 0 Å². The number of carbonyl (C=O) groups is 3. The van der Waals surface area contributed by atoms with Crippen LogP contribution < -0.4 is 16.0 Å². The van der Waals surface area contributed by atoms with Crippen LogP contribution in [0, 0.1) is 25.2 Å². The number of thioether (sulfide) groups is 1. The Balaban J connectivity index is 1.89. The monoisotopic (exact) mass is 478 g/mol. The van der Waals surface area contributed by atoms with Crippen LogP contribution in [0.5, 0.6) is 0 Å². The molecule has 3 N–H and O–H groups in total. The molecular formula is C26H30N4O3S. The smallest absolute Gasteiger partial charge is 0.328 e. The topological polar surface area (TPSA) is 99.7 Å². The van der Waals surface area contributed by atoms with E-state index in [-0.39, 0.29) is 0 Å². The molecule has 4 rings (SSSR count). The van der Waals surface area contributed by atoms with E-state index in [1.807, 2.05) is 62.4 Å². The van der Waals surface area contributed by atoms with Crippen molar-refractivity contribution >= 4 is 34.8 Å². The molecule has 34 heavy (non-hydrogen) atoms. The predicted molar refractivity (Wildman–Crippen MR) is 134 cm³/mol. The Hall–Kier alpha value is -3.13. The predicted octanol–water partition coefficient (Wildman–Crippen LogP) is 4.18. The second-order valence-electron chi connectivity index (χ2n) is 9.37. The molecule has 2 atom stereocenters. The Kier molecular flexibility index (Phi) is 6.79. The Morgan fingerprint density at radius 2 is 1.41 bits per heavy atom. The SMILES string of the molecule is Cc1ccc(C2N=C(SCCC(C)C)NC(c3ccc(C)cc3)C23C(=O)NC(=O)NC3=O)cc1. The second-order valence-corrected chi connectivity index (χ2v) is 10.5. The van der Waals surface area contributed by atoms with Gasteiger partial charge in [0.25, 0.3) is 0 Å². The highest BCUT2D eigenvalue weighted by atomic mass is 32.2. The van der Waals surface area contributed by atoms with Crippen molar-refractivity contribution in [1.82, 2.24) is 16.0 Å². The zero-order chi connectivity index (χ0) is 24.5. The minimum Gasteiger partial charge on any atom is -0.356 e. The number of nitrogens with one attached hydrogen (secondary N) is 3. The van der Waals surface area contributed by atoms with Gasteiger partial charge in [0.15, 0.2) is 10.6 Å². The summed E-state index contributed by atoms with van der Waals surface area (Å²) in [5.41, 5.74) is 1.97. The molecule has 7 nitrogen and oxygen atoms in total. The van der Waals surface area contributed by atoms with E-state index in [1.165, 1.54) is 0 Å². The molecule has 8 heteroatoms. The summed E-state index contributed by atoms with van der Waals surface area (Å²) in [4.78, 5) is 44.1. The zero-order valence-corrected chi connectivity index (χ0v) is 20.7. The Labute approximate surface area is 204 Å².